The van der Waals surface area contributed by atoms with E-state index in [2.05, 4.69) is 5.32 Å². The van der Waals surface area contributed by atoms with Gasteiger partial charge in [-0.05, 0) is 26.0 Å². The van der Waals surface area contributed by atoms with Gasteiger partial charge in [0.25, 0.3) is 5.91 Å². The van der Waals surface area contributed by atoms with Gasteiger partial charge in [0.2, 0.25) is 5.91 Å². The lowest BCUT2D eigenvalue weighted by Crippen LogP contribution is -2.63. The summed E-state index contributed by atoms with van der Waals surface area (Å²) in [7, 11) is 0. The van der Waals surface area contributed by atoms with Gasteiger partial charge in [-0.3, -0.25) is 9.59 Å². The van der Waals surface area contributed by atoms with Gasteiger partial charge in [-0.25, -0.2) is 0 Å². The average molecular weight is 262 g/mol. The molecule has 19 heavy (non-hydrogen) atoms. The molecule has 0 saturated carbocycles. The van der Waals surface area contributed by atoms with Crippen molar-refractivity contribution in [2.24, 2.45) is 0 Å². The number of hydrogen-bond acceptors (Lipinski definition) is 3. The van der Waals surface area contributed by atoms with Gasteiger partial charge in [0.05, 0.1) is 25.2 Å². The summed E-state index contributed by atoms with van der Waals surface area (Å²) in [6, 6.07) is 7.19. The third-order valence-electron chi connectivity index (χ3n) is 3.10. The fraction of sp³-hybridized carbons (Fsp3) is 0.429. The molecule has 0 aliphatic carbocycles. The maximum absolute atomic E-state index is 11.8. The summed E-state index contributed by atoms with van der Waals surface area (Å²) in [5.41, 5.74) is 0.761. The highest BCUT2D eigenvalue weighted by atomic mass is 16.3. The Morgan fingerprint density at radius 1 is 1.42 bits per heavy atom. The first kappa shape index (κ1) is 13.5. The zero-order valence-electron chi connectivity index (χ0n) is 11.1. The van der Waals surface area contributed by atoms with Crippen molar-refractivity contribution in [2.45, 2.75) is 19.4 Å². The van der Waals surface area contributed by atoms with Crippen LogP contribution in [-0.4, -0.2) is 47.1 Å². The van der Waals surface area contributed by atoms with Crippen molar-refractivity contribution in [3.63, 3.8) is 0 Å². The van der Waals surface area contributed by atoms with Crippen LogP contribution < -0.4 is 5.32 Å². The Balaban J connectivity index is 1.83. The Bertz CT molecular complexity index is 503. The number of carbonyl (C=O) groups excluding carboxylic acids is 2. The molecule has 1 saturated heterocycles. The van der Waals surface area contributed by atoms with E-state index in [9.17, 15) is 14.7 Å². The number of nitrogens with one attached hydrogen (secondary N) is 1. The normalized spacial score (nSPS) is 16.7. The molecule has 1 fully saturated rings. The highest BCUT2D eigenvalue weighted by molar-refractivity contribution is 5.96. The molecule has 0 radical (unpaired) electrons. The molecular formula is C14H18N2O3. The number of likely N-dealkylation sites (tertiary alicyclic amines) is 1. The molecule has 2 N–H and O–H groups in total. The molecule has 1 aromatic carbocycles. The number of carbonyl (C=O) groups is 2. The summed E-state index contributed by atoms with van der Waals surface area (Å²) in [4.78, 5) is 25.1. The molecule has 5 heteroatoms. The minimum Gasteiger partial charge on any atom is -0.386 e. The summed E-state index contributed by atoms with van der Waals surface area (Å²) in [6.45, 7) is 4.20. The monoisotopic (exact) mass is 262 g/mol. The maximum Gasteiger partial charge on any atom is 0.251 e. The molecule has 0 unspecified atom stereocenters. The van der Waals surface area contributed by atoms with E-state index >= 15 is 0 Å². The maximum atomic E-state index is 11.8. The molecule has 102 valence electrons. The molecule has 0 aromatic heterocycles. The van der Waals surface area contributed by atoms with E-state index in [1.165, 1.54) is 4.90 Å². The second kappa shape index (κ2) is 5.01. The van der Waals surface area contributed by atoms with Crippen molar-refractivity contribution in [1.82, 2.24) is 10.2 Å². The zero-order valence-corrected chi connectivity index (χ0v) is 11.1. The predicted molar refractivity (Wildman–Crippen MR) is 70.7 cm³/mol. The number of hydrogen-bond donors (Lipinski definition) is 2. The summed E-state index contributed by atoms with van der Waals surface area (Å²) in [5.74, 6) is -0.433. The van der Waals surface area contributed by atoms with Gasteiger partial charge in [-0.1, -0.05) is 17.7 Å². The number of benzene rings is 1. The predicted octanol–water partition coefficient (Wildman–Crippen LogP) is 0.318. The van der Waals surface area contributed by atoms with Gasteiger partial charge >= 0.3 is 0 Å². The third-order valence-corrected chi connectivity index (χ3v) is 3.10. The average Bonchev–Trinajstić information content (AvgIpc) is 2.32. The molecular weight excluding hydrogens is 244 g/mol. The highest BCUT2D eigenvalue weighted by Gasteiger charge is 2.39. The lowest BCUT2D eigenvalue weighted by molar-refractivity contribution is -0.151. The number of β-amino-alcohol motifs (C(OH)–C–C–N with tert-alkyl or cyclic N) is 1. The van der Waals surface area contributed by atoms with Crippen LogP contribution in [0.15, 0.2) is 24.3 Å². The van der Waals surface area contributed by atoms with Crippen molar-refractivity contribution < 1.29 is 14.7 Å². The number of rotatable bonds is 3. The second-order valence-electron chi connectivity index (χ2n) is 5.30. The van der Waals surface area contributed by atoms with Crippen LogP contribution in [-0.2, 0) is 4.79 Å². The minimum absolute atomic E-state index is 0.0388. The minimum atomic E-state index is -0.782. The molecule has 5 nitrogen and oxygen atoms in total. The fourth-order valence-corrected chi connectivity index (χ4v) is 2.11. The van der Waals surface area contributed by atoms with Gasteiger partial charge in [0.1, 0.15) is 0 Å². The van der Waals surface area contributed by atoms with Crippen LogP contribution in [0, 0.1) is 6.92 Å². The highest BCUT2D eigenvalue weighted by Crippen LogP contribution is 2.19. The van der Waals surface area contributed by atoms with E-state index in [0.717, 1.165) is 5.56 Å². The third kappa shape index (κ3) is 3.32. The Morgan fingerprint density at radius 2 is 2.11 bits per heavy atom. The number of aryl methyl sites for hydroxylation is 1. The summed E-state index contributed by atoms with van der Waals surface area (Å²) in [5, 5.41) is 12.1. The SMILES string of the molecule is Cc1cccc(C(=O)NCC(=O)N2CC(C)(O)C2)c1. The van der Waals surface area contributed by atoms with Crippen LogP contribution in [0.1, 0.15) is 22.8 Å². The molecule has 1 heterocycles. The number of aliphatic hydroxyl groups is 1. The van der Waals surface area contributed by atoms with E-state index in [-0.39, 0.29) is 18.4 Å². The van der Waals surface area contributed by atoms with E-state index < -0.39 is 5.60 Å². The van der Waals surface area contributed by atoms with Crippen LogP contribution in [0.5, 0.6) is 0 Å². The largest absolute Gasteiger partial charge is 0.386 e. The fourth-order valence-electron chi connectivity index (χ4n) is 2.11. The Hall–Kier alpha value is -1.88. The van der Waals surface area contributed by atoms with Crippen molar-refractivity contribution in [2.75, 3.05) is 19.6 Å². The molecule has 0 atom stereocenters. The Labute approximate surface area is 112 Å². The quantitative estimate of drug-likeness (QED) is 0.824. The van der Waals surface area contributed by atoms with Crippen molar-refractivity contribution in [3.8, 4) is 0 Å². The molecule has 1 aliphatic rings. The van der Waals surface area contributed by atoms with E-state index in [0.29, 0.717) is 18.7 Å². The lowest BCUT2D eigenvalue weighted by atomic mass is 9.97. The van der Waals surface area contributed by atoms with Gasteiger partial charge < -0.3 is 15.3 Å². The van der Waals surface area contributed by atoms with Crippen molar-refractivity contribution in [3.05, 3.63) is 35.4 Å². The van der Waals surface area contributed by atoms with Crippen LogP contribution in [0.4, 0.5) is 0 Å². The first-order chi connectivity index (χ1) is 8.87. The van der Waals surface area contributed by atoms with Crippen LogP contribution in [0.2, 0.25) is 0 Å². The van der Waals surface area contributed by atoms with E-state index in [4.69, 9.17) is 0 Å². The second-order valence-corrected chi connectivity index (χ2v) is 5.30. The summed E-state index contributed by atoms with van der Waals surface area (Å²) < 4.78 is 0. The Morgan fingerprint density at radius 3 is 2.68 bits per heavy atom. The topological polar surface area (TPSA) is 69.6 Å². The van der Waals surface area contributed by atoms with E-state index in [1.807, 2.05) is 13.0 Å². The smallest absolute Gasteiger partial charge is 0.251 e. The molecule has 2 rings (SSSR count). The van der Waals surface area contributed by atoms with Crippen molar-refractivity contribution in [1.29, 1.82) is 0 Å². The van der Waals surface area contributed by atoms with Crippen LogP contribution in [0.25, 0.3) is 0 Å². The standard InChI is InChI=1S/C14H18N2O3/c1-10-4-3-5-11(6-10)13(18)15-7-12(17)16-8-14(2,19)9-16/h3-6,19H,7-9H2,1-2H3,(H,15,18). The van der Waals surface area contributed by atoms with Gasteiger partial charge in [0.15, 0.2) is 0 Å². The lowest BCUT2D eigenvalue weighted by Gasteiger charge is -2.44. The molecule has 1 aromatic rings. The summed E-state index contributed by atoms with van der Waals surface area (Å²) >= 11 is 0. The first-order valence-corrected chi connectivity index (χ1v) is 6.22. The van der Waals surface area contributed by atoms with Gasteiger partial charge in [0, 0.05) is 5.56 Å². The molecule has 2 amide bonds. The molecule has 1 aliphatic heterocycles. The molecule has 0 spiro atoms. The number of nitrogens with zero attached hydrogens (tertiary/aromatic N) is 1. The van der Waals surface area contributed by atoms with Crippen molar-refractivity contribution >= 4 is 11.8 Å². The van der Waals surface area contributed by atoms with Crippen LogP contribution in [0.3, 0.4) is 0 Å². The Kier molecular flexibility index (Phi) is 3.57. The van der Waals surface area contributed by atoms with E-state index in [1.54, 1.807) is 25.1 Å². The van der Waals surface area contributed by atoms with Gasteiger partial charge in [-0.15, -0.1) is 0 Å². The summed E-state index contributed by atoms with van der Waals surface area (Å²) in [6.07, 6.45) is 0. The first-order valence-electron chi connectivity index (χ1n) is 6.22. The number of amides is 2. The molecule has 0 bridgehead atoms. The van der Waals surface area contributed by atoms with Crippen LogP contribution >= 0.6 is 0 Å². The zero-order chi connectivity index (χ0) is 14.0. The van der Waals surface area contributed by atoms with Gasteiger partial charge in [-0.2, -0.15) is 0 Å².